The highest BCUT2D eigenvalue weighted by Gasteiger charge is 2.17. The van der Waals surface area contributed by atoms with E-state index in [-0.39, 0.29) is 0 Å². The van der Waals surface area contributed by atoms with E-state index in [4.69, 9.17) is 4.42 Å². The summed E-state index contributed by atoms with van der Waals surface area (Å²) in [7, 11) is 0. The molecule has 0 atom stereocenters. The van der Waals surface area contributed by atoms with Gasteiger partial charge < -0.3 is 9.32 Å². The molecule has 0 amide bonds. The number of rotatable bonds is 1. The third-order valence-electron chi connectivity index (χ3n) is 3.17. The minimum Gasteiger partial charge on any atom is -0.441 e. The van der Waals surface area contributed by atoms with Crippen LogP contribution in [-0.2, 0) is 4.79 Å². The molecule has 1 fully saturated rings. The molecule has 0 N–H and O–H groups in total. The number of ketones is 1. The van der Waals surface area contributed by atoms with Crippen molar-refractivity contribution in [1.82, 2.24) is 4.98 Å². The van der Waals surface area contributed by atoms with Crippen LogP contribution in [0.4, 0.5) is 5.69 Å². The summed E-state index contributed by atoms with van der Waals surface area (Å²) < 4.78 is 5.52. The molecule has 1 saturated heterocycles. The van der Waals surface area contributed by atoms with Crippen LogP contribution in [-0.4, -0.2) is 23.9 Å². The van der Waals surface area contributed by atoms with Crippen molar-refractivity contribution in [3.63, 3.8) is 0 Å². The van der Waals surface area contributed by atoms with Crippen LogP contribution in [0.25, 0.3) is 11.1 Å². The molecule has 1 aromatic carbocycles. The lowest BCUT2D eigenvalue weighted by Gasteiger charge is -2.27. The van der Waals surface area contributed by atoms with Crippen molar-refractivity contribution in [3.05, 3.63) is 24.1 Å². The number of aryl methyl sites for hydroxylation is 1. The monoisotopic (exact) mass is 230 g/mol. The van der Waals surface area contributed by atoms with Gasteiger partial charge in [0.1, 0.15) is 11.3 Å². The summed E-state index contributed by atoms with van der Waals surface area (Å²) >= 11 is 0. The number of fused-ring (bicyclic) bond motifs is 1. The molecule has 0 bridgehead atoms. The molecule has 1 aliphatic rings. The van der Waals surface area contributed by atoms with Crippen LogP contribution in [0.5, 0.6) is 0 Å². The van der Waals surface area contributed by atoms with Crippen LogP contribution in [0, 0.1) is 6.92 Å². The van der Waals surface area contributed by atoms with Crippen molar-refractivity contribution in [1.29, 1.82) is 0 Å². The van der Waals surface area contributed by atoms with Gasteiger partial charge in [0.15, 0.2) is 11.5 Å². The SMILES string of the molecule is Cc1nc2ccc(N3CCC(=O)CC3)cc2o1. The highest BCUT2D eigenvalue weighted by Crippen LogP contribution is 2.24. The number of hydrogen-bond acceptors (Lipinski definition) is 4. The van der Waals surface area contributed by atoms with Crippen molar-refractivity contribution in [2.24, 2.45) is 0 Å². The normalized spacial score (nSPS) is 16.8. The Hall–Kier alpha value is -1.84. The van der Waals surface area contributed by atoms with E-state index in [1.165, 1.54) is 0 Å². The number of nitrogens with zero attached hydrogens (tertiary/aromatic N) is 2. The number of benzene rings is 1. The zero-order valence-corrected chi connectivity index (χ0v) is 9.77. The first-order valence-corrected chi connectivity index (χ1v) is 5.86. The average Bonchev–Trinajstić information content (AvgIpc) is 2.69. The Morgan fingerprint density at radius 1 is 1.29 bits per heavy atom. The van der Waals surface area contributed by atoms with E-state index in [0.29, 0.717) is 24.5 Å². The van der Waals surface area contributed by atoms with Crippen molar-refractivity contribution < 1.29 is 9.21 Å². The van der Waals surface area contributed by atoms with Gasteiger partial charge in [0, 0.05) is 44.6 Å². The van der Waals surface area contributed by atoms with Crippen LogP contribution < -0.4 is 4.90 Å². The highest BCUT2D eigenvalue weighted by atomic mass is 16.3. The number of anilines is 1. The molecule has 0 radical (unpaired) electrons. The molecule has 3 rings (SSSR count). The Morgan fingerprint density at radius 2 is 2.06 bits per heavy atom. The Bertz CT molecular complexity index is 564. The second-order valence-electron chi connectivity index (χ2n) is 4.41. The molecule has 0 unspecified atom stereocenters. The second-order valence-corrected chi connectivity index (χ2v) is 4.41. The fourth-order valence-corrected chi connectivity index (χ4v) is 2.24. The Morgan fingerprint density at radius 3 is 2.82 bits per heavy atom. The summed E-state index contributed by atoms with van der Waals surface area (Å²) in [6, 6.07) is 6.02. The van der Waals surface area contributed by atoms with E-state index in [1.54, 1.807) is 0 Å². The summed E-state index contributed by atoms with van der Waals surface area (Å²) in [6.07, 6.45) is 1.29. The Labute approximate surface area is 99.2 Å². The molecule has 0 spiro atoms. The minimum atomic E-state index is 0.359. The van der Waals surface area contributed by atoms with Gasteiger partial charge in [0.25, 0.3) is 0 Å². The Balaban J connectivity index is 1.92. The van der Waals surface area contributed by atoms with Crippen molar-refractivity contribution in [2.75, 3.05) is 18.0 Å². The van der Waals surface area contributed by atoms with Crippen LogP contribution in [0.1, 0.15) is 18.7 Å². The molecule has 2 aromatic rings. The van der Waals surface area contributed by atoms with E-state index < -0.39 is 0 Å². The molecule has 0 aliphatic carbocycles. The second kappa shape index (κ2) is 3.87. The zero-order chi connectivity index (χ0) is 11.8. The summed E-state index contributed by atoms with van der Waals surface area (Å²) in [5, 5.41) is 0. The fraction of sp³-hybridized carbons (Fsp3) is 0.385. The van der Waals surface area contributed by atoms with Gasteiger partial charge >= 0.3 is 0 Å². The zero-order valence-electron chi connectivity index (χ0n) is 9.77. The van der Waals surface area contributed by atoms with Gasteiger partial charge in [-0.1, -0.05) is 0 Å². The molecular formula is C13H14N2O2. The van der Waals surface area contributed by atoms with Crippen LogP contribution in [0.2, 0.25) is 0 Å². The maximum Gasteiger partial charge on any atom is 0.192 e. The Kier molecular flexibility index (Phi) is 2.35. The minimum absolute atomic E-state index is 0.359. The molecule has 17 heavy (non-hydrogen) atoms. The van der Waals surface area contributed by atoms with Crippen LogP contribution in [0.3, 0.4) is 0 Å². The molecule has 4 heteroatoms. The van der Waals surface area contributed by atoms with Gasteiger partial charge in [-0.3, -0.25) is 4.79 Å². The number of aromatic nitrogens is 1. The number of oxazole rings is 1. The molecular weight excluding hydrogens is 216 g/mol. The number of carbonyl (C=O) groups is 1. The largest absolute Gasteiger partial charge is 0.441 e. The molecule has 2 heterocycles. The van der Waals surface area contributed by atoms with E-state index in [9.17, 15) is 4.79 Å². The van der Waals surface area contributed by atoms with E-state index in [0.717, 1.165) is 29.9 Å². The number of carbonyl (C=O) groups excluding carboxylic acids is 1. The first-order valence-electron chi connectivity index (χ1n) is 5.86. The molecule has 88 valence electrons. The standard InChI is InChI=1S/C13H14N2O2/c1-9-14-12-3-2-10(8-13(12)17-9)15-6-4-11(16)5-7-15/h2-3,8H,4-7H2,1H3. The van der Waals surface area contributed by atoms with Crippen LogP contribution in [0.15, 0.2) is 22.6 Å². The van der Waals surface area contributed by atoms with Gasteiger partial charge in [0.05, 0.1) is 0 Å². The van der Waals surface area contributed by atoms with Gasteiger partial charge in [-0.2, -0.15) is 0 Å². The average molecular weight is 230 g/mol. The predicted octanol–water partition coefficient (Wildman–Crippen LogP) is 2.31. The third kappa shape index (κ3) is 1.90. The highest BCUT2D eigenvalue weighted by molar-refractivity contribution is 5.82. The van der Waals surface area contributed by atoms with Crippen molar-refractivity contribution in [2.45, 2.75) is 19.8 Å². The summed E-state index contributed by atoms with van der Waals surface area (Å²) in [4.78, 5) is 17.7. The summed E-state index contributed by atoms with van der Waals surface area (Å²) in [5.74, 6) is 1.05. The molecule has 4 nitrogen and oxygen atoms in total. The molecule has 1 aromatic heterocycles. The topological polar surface area (TPSA) is 46.3 Å². The molecule has 0 saturated carbocycles. The van der Waals surface area contributed by atoms with Crippen LogP contribution >= 0.6 is 0 Å². The maximum atomic E-state index is 11.2. The lowest BCUT2D eigenvalue weighted by Crippen LogP contribution is -2.33. The van der Waals surface area contributed by atoms with Crippen molar-refractivity contribution >= 4 is 22.6 Å². The smallest absolute Gasteiger partial charge is 0.192 e. The van der Waals surface area contributed by atoms with E-state index >= 15 is 0 Å². The quantitative estimate of drug-likeness (QED) is 0.754. The van der Waals surface area contributed by atoms with E-state index in [1.807, 2.05) is 25.1 Å². The third-order valence-corrected chi connectivity index (χ3v) is 3.17. The molecule has 1 aliphatic heterocycles. The first-order chi connectivity index (χ1) is 8.22. The van der Waals surface area contributed by atoms with E-state index in [2.05, 4.69) is 9.88 Å². The lowest BCUT2D eigenvalue weighted by molar-refractivity contribution is -0.119. The van der Waals surface area contributed by atoms with Gasteiger partial charge in [-0.25, -0.2) is 4.98 Å². The van der Waals surface area contributed by atoms with Gasteiger partial charge in [-0.15, -0.1) is 0 Å². The number of Topliss-reactive ketones (excluding diaryl/α,β-unsaturated/α-hetero) is 1. The lowest BCUT2D eigenvalue weighted by atomic mass is 10.1. The van der Waals surface area contributed by atoms with Gasteiger partial charge in [-0.05, 0) is 12.1 Å². The fourth-order valence-electron chi connectivity index (χ4n) is 2.24. The number of piperidine rings is 1. The number of hydrogen-bond donors (Lipinski definition) is 0. The van der Waals surface area contributed by atoms with Gasteiger partial charge in [0.2, 0.25) is 0 Å². The summed E-state index contributed by atoms with van der Waals surface area (Å²) in [5.41, 5.74) is 2.82. The predicted molar refractivity (Wildman–Crippen MR) is 65.2 cm³/mol. The maximum absolute atomic E-state index is 11.2. The summed E-state index contributed by atoms with van der Waals surface area (Å²) in [6.45, 7) is 3.45. The first kappa shape index (κ1) is 10.3. The van der Waals surface area contributed by atoms with Crippen molar-refractivity contribution in [3.8, 4) is 0 Å².